The molecule has 1 saturated heterocycles. The van der Waals surface area contributed by atoms with Crippen LogP contribution in [0.3, 0.4) is 0 Å². The van der Waals surface area contributed by atoms with Gasteiger partial charge >= 0.3 is 0 Å². The van der Waals surface area contributed by atoms with Crippen molar-refractivity contribution in [3.63, 3.8) is 0 Å². The van der Waals surface area contributed by atoms with Gasteiger partial charge in [0.15, 0.2) is 0 Å². The maximum atomic E-state index is 9.09. The zero-order valence-corrected chi connectivity index (χ0v) is 6.61. The van der Waals surface area contributed by atoms with Crippen molar-refractivity contribution in [3.8, 4) is 0 Å². The van der Waals surface area contributed by atoms with E-state index in [1.165, 1.54) is 0 Å². The van der Waals surface area contributed by atoms with Crippen LogP contribution >= 0.6 is 0 Å². The van der Waals surface area contributed by atoms with Crippen LogP contribution in [0.25, 0.3) is 0 Å². The minimum absolute atomic E-state index is 0.145. The predicted molar refractivity (Wildman–Crippen MR) is 41.4 cm³/mol. The highest BCUT2D eigenvalue weighted by molar-refractivity contribution is 4.69. The molecule has 11 heavy (non-hydrogen) atoms. The van der Waals surface area contributed by atoms with Gasteiger partial charge in [0.2, 0.25) is 0 Å². The highest BCUT2D eigenvalue weighted by Gasteiger charge is 2.13. The van der Waals surface area contributed by atoms with Gasteiger partial charge in [0.1, 0.15) is 0 Å². The Bertz CT molecular complexity index is 105. The third-order valence-corrected chi connectivity index (χ3v) is 1.83. The smallest absolute Gasteiger partial charge is 0.0897 e. The van der Waals surface area contributed by atoms with Gasteiger partial charge in [0.25, 0.3) is 0 Å². The molecule has 1 atom stereocenters. The van der Waals surface area contributed by atoms with Crippen LogP contribution in [-0.4, -0.2) is 60.5 Å². The molecule has 1 aliphatic heterocycles. The molecule has 1 heterocycles. The molecular weight excluding hydrogens is 144 g/mol. The van der Waals surface area contributed by atoms with Gasteiger partial charge in [-0.1, -0.05) is 0 Å². The van der Waals surface area contributed by atoms with Crippen LogP contribution in [0.2, 0.25) is 0 Å². The number of aliphatic hydroxyl groups is 2. The van der Waals surface area contributed by atoms with Gasteiger partial charge in [-0.25, -0.2) is 5.32 Å². The number of hydrogen-bond acceptors (Lipinski definition) is 3. The first-order chi connectivity index (χ1) is 5.33. The Hall–Kier alpha value is -0.160. The Morgan fingerprint density at radius 3 is 2.55 bits per heavy atom. The Labute approximate surface area is 66.8 Å². The molecule has 4 nitrogen and oxygen atoms in total. The standard InChI is InChI=1S/C7H15N2O2/c10-6-7(11)5-9-3-1-8-2-4-9/h7,10-11H,1-6H2. The molecular formula is C7H15N2O2. The quantitative estimate of drug-likeness (QED) is 0.514. The van der Waals surface area contributed by atoms with Gasteiger partial charge < -0.3 is 10.2 Å². The highest BCUT2D eigenvalue weighted by Crippen LogP contribution is 1.94. The van der Waals surface area contributed by atoms with E-state index in [4.69, 9.17) is 10.2 Å². The van der Waals surface area contributed by atoms with Crippen LogP contribution in [0.1, 0.15) is 0 Å². The Kier molecular flexibility index (Phi) is 3.79. The lowest BCUT2D eigenvalue weighted by atomic mass is 10.3. The zero-order chi connectivity index (χ0) is 8.10. The van der Waals surface area contributed by atoms with E-state index in [-0.39, 0.29) is 6.61 Å². The van der Waals surface area contributed by atoms with Crippen molar-refractivity contribution < 1.29 is 10.2 Å². The summed E-state index contributed by atoms with van der Waals surface area (Å²) in [6.45, 7) is 3.98. The topological polar surface area (TPSA) is 57.8 Å². The van der Waals surface area contributed by atoms with Gasteiger partial charge in [-0.05, 0) is 0 Å². The third-order valence-electron chi connectivity index (χ3n) is 1.83. The molecule has 0 spiro atoms. The van der Waals surface area contributed by atoms with Gasteiger partial charge in [-0.3, -0.25) is 4.90 Å². The summed E-state index contributed by atoms with van der Waals surface area (Å²) in [4.78, 5) is 2.12. The minimum atomic E-state index is -0.590. The fourth-order valence-corrected chi connectivity index (χ4v) is 1.19. The molecule has 0 bridgehead atoms. The summed E-state index contributed by atoms with van der Waals surface area (Å²) in [5, 5.41) is 21.8. The fourth-order valence-electron chi connectivity index (χ4n) is 1.19. The van der Waals surface area contributed by atoms with Gasteiger partial charge in [-0.2, -0.15) is 0 Å². The van der Waals surface area contributed by atoms with Crippen LogP contribution in [0.4, 0.5) is 0 Å². The van der Waals surface area contributed by atoms with Crippen LogP contribution in [0, 0.1) is 0 Å². The summed E-state index contributed by atoms with van der Waals surface area (Å²) in [6, 6.07) is 0. The lowest BCUT2D eigenvalue weighted by molar-refractivity contribution is 0.0552. The van der Waals surface area contributed by atoms with Crippen molar-refractivity contribution in [2.45, 2.75) is 6.10 Å². The normalized spacial score (nSPS) is 23.5. The van der Waals surface area contributed by atoms with Crippen molar-refractivity contribution >= 4 is 0 Å². The van der Waals surface area contributed by atoms with E-state index in [0.29, 0.717) is 6.54 Å². The predicted octanol–water partition coefficient (Wildman–Crippen LogP) is -1.74. The van der Waals surface area contributed by atoms with E-state index in [0.717, 1.165) is 26.2 Å². The molecule has 0 saturated carbocycles. The molecule has 2 N–H and O–H groups in total. The van der Waals surface area contributed by atoms with Crippen molar-refractivity contribution in [1.82, 2.24) is 10.2 Å². The second-order valence-electron chi connectivity index (χ2n) is 2.81. The number of hydrogen-bond donors (Lipinski definition) is 2. The zero-order valence-electron chi connectivity index (χ0n) is 6.61. The van der Waals surface area contributed by atoms with Crippen LogP contribution in [0.15, 0.2) is 0 Å². The molecule has 1 fully saturated rings. The number of piperazine rings is 1. The molecule has 1 rings (SSSR count). The minimum Gasteiger partial charge on any atom is -0.394 e. The number of aliphatic hydroxyl groups excluding tert-OH is 2. The Morgan fingerprint density at radius 1 is 1.36 bits per heavy atom. The number of nitrogens with zero attached hydrogens (tertiary/aromatic N) is 2. The monoisotopic (exact) mass is 159 g/mol. The van der Waals surface area contributed by atoms with Gasteiger partial charge in [0, 0.05) is 32.7 Å². The summed E-state index contributed by atoms with van der Waals surface area (Å²) in [5.41, 5.74) is 0. The van der Waals surface area contributed by atoms with E-state index in [1.807, 2.05) is 0 Å². The van der Waals surface area contributed by atoms with Crippen molar-refractivity contribution in [3.05, 3.63) is 0 Å². The van der Waals surface area contributed by atoms with E-state index >= 15 is 0 Å². The lowest BCUT2D eigenvalue weighted by Crippen LogP contribution is -2.44. The molecule has 0 aromatic rings. The number of β-amino-alcohol motifs (C(OH)–C–C–N with tert-alkyl or cyclic N) is 1. The summed E-state index contributed by atoms with van der Waals surface area (Å²) in [5.74, 6) is 0. The van der Waals surface area contributed by atoms with Crippen LogP contribution in [0.5, 0.6) is 0 Å². The van der Waals surface area contributed by atoms with Gasteiger partial charge in [0.05, 0.1) is 12.7 Å². The average molecular weight is 159 g/mol. The fraction of sp³-hybridized carbons (Fsp3) is 1.00. The summed E-state index contributed by atoms with van der Waals surface area (Å²) >= 11 is 0. The van der Waals surface area contributed by atoms with E-state index in [9.17, 15) is 0 Å². The average Bonchev–Trinajstić information content (AvgIpc) is 2.06. The largest absolute Gasteiger partial charge is 0.394 e. The van der Waals surface area contributed by atoms with Crippen LogP contribution < -0.4 is 5.32 Å². The molecule has 0 amide bonds. The first-order valence-electron chi connectivity index (χ1n) is 3.97. The van der Waals surface area contributed by atoms with E-state index < -0.39 is 6.10 Å². The Morgan fingerprint density at radius 2 is 2.00 bits per heavy atom. The molecule has 4 heteroatoms. The second kappa shape index (κ2) is 4.66. The highest BCUT2D eigenvalue weighted by atomic mass is 16.3. The van der Waals surface area contributed by atoms with Crippen molar-refractivity contribution in [2.75, 3.05) is 39.3 Å². The first kappa shape index (κ1) is 8.93. The third kappa shape index (κ3) is 3.16. The van der Waals surface area contributed by atoms with Crippen molar-refractivity contribution in [2.24, 2.45) is 0 Å². The Balaban J connectivity index is 2.13. The first-order valence-corrected chi connectivity index (χ1v) is 3.97. The summed E-state index contributed by atoms with van der Waals surface area (Å²) < 4.78 is 0. The number of rotatable bonds is 3. The molecule has 0 aromatic carbocycles. The molecule has 0 aromatic heterocycles. The maximum Gasteiger partial charge on any atom is 0.0897 e. The molecule has 0 aliphatic carbocycles. The van der Waals surface area contributed by atoms with Crippen LogP contribution in [-0.2, 0) is 0 Å². The molecule has 1 unspecified atom stereocenters. The molecule has 1 aliphatic rings. The second-order valence-corrected chi connectivity index (χ2v) is 2.81. The molecule has 1 radical (unpaired) electrons. The maximum absolute atomic E-state index is 9.09. The summed E-state index contributed by atoms with van der Waals surface area (Å²) in [7, 11) is 0. The van der Waals surface area contributed by atoms with E-state index in [2.05, 4.69) is 10.2 Å². The lowest BCUT2D eigenvalue weighted by Gasteiger charge is -2.27. The van der Waals surface area contributed by atoms with E-state index in [1.54, 1.807) is 0 Å². The SMILES string of the molecule is OCC(O)CN1CC[N]CC1. The van der Waals surface area contributed by atoms with Crippen molar-refractivity contribution in [1.29, 1.82) is 0 Å². The molecule has 65 valence electrons. The van der Waals surface area contributed by atoms with Gasteiger partial charge in [-0.15, -0.1) is 0 Å². The summed E-state index contributed by atoms with van der Waals surface area (Å²) in [6.07, 6.45) is -0.590.